The maximum absolute atomic E-state index is 12.4. The number of hydrogen-bond acceptors (Lipinski definition) is 7. The molecule has 0 amide bonds. The third-order valence-corrected chi connectivity index (χ3v) is 4.19. The van der Waals surface area contributed by atoms with E-state index in [1.165, 1.54) is 4.52 Å². The molecular formula is C18H18N4O4. The highest BCUT2D eigenvalue weighted by atomic mass is 16.7. The van der Waals surface area contributed by atoms with Crippen LogP contribution in [0.15, 0.2) is 30.6 Å². The van der Waals surface area contributed by atoms with Gasteiger partial charge >= 0.3 is 5.97 Å². The van der Waals surface area contributed by atoms with Crippen molar-refractivity contribution >= 4 is 11.5 Å². The summed E-state index contributed by atoms with van der Waals surface area (Å²) in [6.07, 6.45) is 3.39. The van der Waals surface area contributed by atoms with Gasteiger partial charge < -0.3 is 14.2 Å². The van der Waals surface area contributed by atoms with Crippen molar-refractivity contribution in [1.29, 1.82) is 0 Å². The standard InChI is InChI=1S/C18H18N4O4/c1-11-16-13(10-25-18(2,3)26-16)12(8-19-11)9-24-17(23)15-14-6-4-5-7-22(14)21-20-15/h4-8H,9-10H2,1-3H3. The van der Waals surface area contributed by atoms with E-state index < -0.39 is 11.8 Å². The number of aryl methyl sites for hydroxylation is 1. The predicted octanol–water partition coefficient (Wildman–Crippen LogP) is 2.43. The molecule has 0 aliphatic carbocycles. The zero-order chi connectivity index (χ0) is 18.3. The topological polar surface area (TPSA) is 87.8 Å². The van der Waals surface area contributed by atoms with Gasteiger partial charge in [0, 0.05) is 37.4 Å². The van der Waals surface area contributed by atoms with Crippen LogP contribution in [-0.2, 0) is 22.7 Å². The quantitative estimate of drug-likeness (QED) is 0.668. The number of esters is 1. The molecule has 0 atom stereocenters. The summed E-state index contributed by atoms with van der Waals surface area (Å²) in [5.74, 6) is -0.571. The Kier molecular flexibility index (Phi) is 3.84. The summed E-state index contributed by atoms with van der Waals surface area (Å²) in [6, 6.07) is 5.38. The van der Waals surface area contributed by atoms with Gasteiger partial charge in [0.2, 0.25) is 5.79 Å². The SMILES string of the molecule is Cc1ncc(COC(=O)c2nnn3ccccc23)c2c1OC(C)(C)OC2. The molecular weight excluding hydrogens is 336 g/mol. The van der Waals surface area contributed by atoms with Crippen LogP contribution in [0.1, 0.15) is 41.2 Å². The molecule has 4 rings (SSSR count). The monoisotopic (exact) mass is 354 g/mol. The average molecular weight is 354 g/mol. The Morgan fingerprint density at radius 2 is 2.23 bits per heavy atom. The Morgan fingerprint density at radius 3 is 3.08 bits per heavy atom. The van der Waals surface area contributed by atoms with Crippen LogP contribution in [0.3, 0.4) is 0 Å². The number of nitrogens with zero attached hydrogens (tertiary/aromatic N) is 4. The fourth-order valence-corrected chi connectivity index (χ4v) is 2.82. The lowest BCUT2D eigenvalue weighted by Crippen LogP contribution is -2.36. The molecule has 0 radical (unpaired) electrons. The van der Waals surface area contributed by atoms with Gasteiger partial charge in [-0.05, 0) is 19.1 Å². The van der Waals surface area contributed by atoms with Crippen LogP contribution in [0.5, 0.6) is 5.75 Å². The summed E-state index contributed by atoms with van der Waals surface area (Å²) < 4.78 is 18.5. The Labute approximate surface area is 149 Å². The zero-order valence-electron chi connectivity index (χ0n) is 14.7. The molecule has 3 aromatic heterocycles. The van der Waals surface area contributed by atoms with E-state index in [9.17, 15) is 4.79 Å². The molecule has 8 heteroatoms. The predicted molar refractivity (Wildman–Crippen MR) is 90.6 cm³/mol. The van der Waals surface area contributed by atoms with Gasteiger partial charge in [0.1, 0.15) is 17.9 Å². The van der Waals surface area contributed by atoms with Gasteiger partial charge in [-0.15, -0.1) is 5.10 Å². The summed E-state index contributed by atoms with van der Waals surface area (Å²) in [5, 5.41) is 7.81. The summed E-state index contributed by atoms with van der Waals surface area (Å²) >= 11 is 0. The Morgan fingerprint density at radius 1 is 1.38 bits per heavy atom. The van der Waals surface area contributed by atoms with Gasteiger partial charge in [-0.3, -0.25) is 4.98 Å². The molecule has 4 heterocycles. The van der Waals surface area contributed by atoms with Crippen LogP contribution in [0.2, 0.25) is 0 Å². The maximum atomic E-state index is 12.4. The summed E-state index contributed by atoms with van der Waals surface area (Å²) in [4.78, 5) is 16.8. The van der Waals surface area contributed by atoms with E-state index in [0.717, 1.165) is 16.8 Å². The largest absolute Gasteiger partial charge is 0.461 e. The van der Waals surface area contributed by atoms with Crippen molar-refractivity contribution in [1.82, 2.24) is 19.8 Å². The second-order valence-corrected chi connectivity index (χ2v) is 6.51. The van der Waals surface area contributed by atoms with E-state index in [-0.39, 0.29) is 12.3 Å². The molecule has 3 aromatic rings. The minimum Gasteiger partial charge on any atom is -0.461 e. The molecule has 1 aliphatic rings. The second-order valence-electron chi connectivity index (χ2n) is 6.51. The third kappa shape index (κ3) is 2.88. The summed E-state index contributed by atoms with van der Waals surface area (Å²) in [5.41, 5.74) is 3.13. The van der Waals surface area contributed by atoms with Crippen LogP contribution in [0.4, 0.5) is 0 Å². The van der Waals surface area contributed by atoms with Crippen LogP contribution in [-0.4, -0.2) is 31.6 Å². The van der Waals surface area contributed by atoms with Crippen LogP contribution < -0.4 is 4.74 Å². The first-order valence-corrected chi connectivity index (χ1v) is 8.22. The summed E-state index contributed by atoms with van der Waals surface area (Å²) in [6.45, 7) is 5.98. The van der Waals surface area contributed by atoms with Crippen molar-refractivity contribution in [2.45, 2.75) is 39.8 Å². The van der Waals surface area contributed by atoms with Crippen molar-refractivity contribution in [3.05, 3.63) is 53.1 Å². The maximum Gasteiger partial charge on any atom is 0.361 e. The molecule has 8 nitrogen and oxygen atoms in total. The van der Waals surface area contributed by atoms with E-state index in [1.807, 2.05) is 32.9 Å². The minimum atomic E-state index is -0.713. The number of carbonyl (C=O) groups is 1. The first-order chi connectivity index (χ1) is 12.4. The smallest absolute Gasteiger partial charge is 0.361 e. The molecule has 0 fully saturated rings. The first-order valence-electron chi connectivity index (χ1n) is 8.22. The zero-order valence-corrected chi connectivity index (χ0v) is 14.7. The van der Waals surface area contributed by atoms with Gasteiger partial charge in [0.25, 0.3) is 0 Å². The Bertz CT molecular complexity index is 996. The number of hydrogen-bond donors (Lipinski definition) is 0. The van der Waals surface area contributed by atoms with Crippen molar-refractivity contribution in [3.8, 4) is 5.75 Å². The molecule has 0 N–H and O–H groups in total. The van der Waals surface area contributed by atoms with Crippen LogP contribution >= 0.6 is 0 Å². The fraction of sp³-hybridized carbons (Fsp3) is 0.333. The highest BCUT2D eigenvalue weighted by Crippen LogP contribution is 2.35. The van der Waals surface area contributed by atoms with E-state index in [2.05, 4.69) is 15.3 Å². The highest BCUT2D eigenvalue weighted by Gasteiger charge is 2.31. The van der Waals surface area contributed by atoms with E-state index in [4.69, 9.17) is 14.2 Å². The number of ether oxygens (including phenoxy) is 3. The number of fused-ring (bicyclic) bond motifs is 2. The average Bonchev–Trinajstić information content (AvgIpc) is 3.05. The van der Waals surface area contributed by atoms with Crippen molar-refractivity contribution in [2.75, 3.05) is 0 Å². The lowest BCUT2D eigenvalue weighted by Gasteiger charge is -2.34. The van der Waals surface area contributed by atoms with Gasteiger partial charge in [-0.1, -0.05) is 11.3 Å². The molecule has 26 heavy (non-hydrogen) atoms. The van der Waals surface area contributed by atoms with Crippen molar-refractivity contribution in [3.63, 3.8) is 0 Å². The molecule has 1 aliphatic heterocycles. The molecule has 134 valence electrons. The van der Waals surface area contributed by atoms with Gasteiger partial charge in [-0.2, -0.15) is 0 Å². The molecule has 0 spiro atoms. The Balaban J connectivity index is 1.56. The first kappa shape index (κ1) is 16.5. The molecule has 0 bridgehead atoms. The van der Waals surface area contributed by atoms with E-state index in [1.54, 1.807) is 18.5 Å². The summed E-state index contributed by atoms with van der Waals surface area (Å²) in [7, 11) is 0. The van der Waals surface area contributed by atoms with Crippen LogP contribution in [0, 0.1) is 6.92 Å². The number of aromatic nitrogens is 4. The fourth-order valence-electron chi connectivity index (χ4n) is 2.82. The molecule has 0 aromatic carbocycles. The minimum absolute atomic E-state index is 0.0491. The molecule has 0 saturated heterocycles. The van der Waals surface area contributed by atoms with Gasteiger partial charge in [0.15, 0.2) is 5.69 Å². The number of carbonyl (C=O) groups excluding carboxylic acids is 1. The lowest BCUT2D eigenvalue weighted by atomic mass is 10.1. The lowest BCUT2D eigenvalue weighted by molar-refractivity contribution is -0.181. The highest BCUT2D eigenvalue weighted by molar-refractivity contribution is 5.94. The second kappa shape index (κ2) is 6.06. The molecule has 0 unspecified atom stereocenters. The Hall–Kier alpha value is -3.00. The van der Waals surface area contributed by atoms with E-state index >= 15 is 0 Å². The van der Waals surface area contributed by atoms with E-state index in [0.29, 0.717) is 17.9 Å². The van der Waals surface area contributed by atoms with Gasteiger partial charge in [-0.25, -0.2) is 9.31 Å². The van der Waals surface area contributed by atoms with Crippen LogP contribution in [0.25, 0.3) is 5.52 Å². The van der Waals surface area contributed by atoms with Crippen molar-refractivity contribution < 1.29 is 19.0 Å². The number of pyridine rings is 2. The number of rotatable bonds is 3. The third-order valence-electron chi connectivity index (χ3n) is 4.19. The van der Waals surface area contributed by atoms with Gasteiger partial charge in [0.05, 0.1) is 12.3 Å². The molecule has 0 saturated carbocycles. The van der Waals surface area contributed by atoms with Crippen molar-refractivity contribution in [2.24, 2.45) is 0 Å². The normalized spacial score (nSPS) is 15.3.